The average molecular weight is 291 g/mol. The van der Waals surface area contributed by atoms with Gasteiger partial charge in [-0.05, 0) is 30.2 Å². The predicted molar refractivity (Wildman–Crippen MR) is 80.0 cm³/mol. The zero-order valence-electron chi connectivity index (χ0n) is 10.5. The van der Waals surface area contributed by atoms with Crippen molar-refractivity contribution in [2.24, 2.45) is 7.05 Å². The van der Waals surface area contributed by atoms with Gasteiger partial charge in [-0.1, -0.05) is 11.6 Å². The van der Waals surface area contributed by atoms with Crippen molar-refractivity contribution in [2.75, 3.05) is 0 Å². The Labute approximate surface area is 119 Å². The molecular formula is C14H11ClN2OS. The summed E-state index contributed by atoms with van der Waals surface area (Å²) in [5.74, 6) is 0. The Morgan fingerprint density at radius 3 is 2.79 bits per heavy atom. The van der Waals surface area contributed by atoms with Crippen LogP contribution >= 0.6 is 22.9 Å². The van der Waals surface area contributed by atoms with Crippen molar-refractivity contribution in [1.29, 1.82) is 0 Å². The third-order valence-electron chi connectivity index (χ3n) is 3.19. The third-order valence-corrected chi connectivity index (χ3v) is 4.33. The first-order valence-corrected chi connectivity index (χ1v) is 7.02. The van der Waals surface area contributed by atoms with E-state index in [0.717, 1.165) is 26.9 Å². The molecule has 0 aliphatic carbocycles. The molecule has 96 valence electrons. The first kappa shape index (κ1) is 12.4. The van der Waals surface area contributed by atoms with E-state index in [0.29, 0.717) is 5.02 Å². The van der Waals surface area contributed by atoms with Crippen LogP contribution in [0.1, 0.15) is 5.56 Å². The Balaban J connectivity index is 2.42. The molecule has 19 heavy (non-hydrogen) atoms. The van der Waals surface area contributed by atoms with Crippen LogP contribution in [-0.2, 0) is 7.05 Å². The Kier molecular flexibility index (Phi) is 2.92. The minimum atomic E-state index is -0.0915. The number of nitrogens with zero attached hydrogens (tertiary/aromatic N) is 2. The summed E-state index contributed by atoms with van der Waals surface area (Å²) >= 11 is 7.80. The molecule has 1 aromatic carbocycles. The highest BCUT2D eigenvalue weighted by Crippen LogP contribution is 2.31. The van der Waals surface area contributed by atoms with Crippen LogP contribution in [0, 0.1) is 6.92 Å². The van der Waals surface area contributed by atoms with E-state index in [4.69, 9.17) is 11.6 Å². The summed E-state index contributed by atoms with van der Waals surface area (Å²) in [5.41, 5.74) is 4.70. The van der Waals surface area contributed by atoms with E-state index in [1.807, 2.05) is 19.2 Å². The minimum absolute atomic E-state index is 0.0915. The minimum Gasteiger partial charge on any atom is -0.311 e. The maximum Gasteiger partial charge on any atom is 0.252 e. The number of benzene rings is 1. The standard InChI is InChI=1S/C14H11ClN2OS/c1-8-3-9(12-6-16-7-19-12)4-10-11(15)5-13(18)17(2)14(8)10/h3-7H,1-2H3. The summed E-state index contributed by atoms with van der Waals surface area (Å²) in [6, 6.07) is 5.53. The number of rotatable bonds is 1. The Morgan fingerprint density at radius 1 is 1.32 bits per heavy atom. The van der Waals surface area contributed by atoms with Crippen molar-refractivity contribution in [3.63, 3.8) is 0 Å². The molecule has 2 heterocycles. The number of thiazole rings is 1. The summed E-state index contributed by atoms with van der Waals surface area (Å²) in [5, 5.41) is 1.39. The Morgan fingerprint density at radius 2 is 2.11 bits per heavy atom. The largest absolute Gasteiger partial charge is 0.311 e. The molecule has 0 unspecified atom stereocenters. The summed E-state index contributed by atoms with van der Waals surface area (Å²) < 4.78 is 1.63. The molecule has 5 heteroatoms. The zero-order chi connectivity index (χ0) is 13.6. The molecule has 0 amide bonds. The lowest BCUT2D eigenvalue weighted by Crippen LogP contribution is -2.16. The normalized spacial score (nSPS) is 11.1. The van der Waals surface area contributed by atoms with Crippen molar-refractivity contribution in [1.82, 2.24) is 9.55 Å². The van der Waals surface area contributed by atoms with Crippen LogP contribution in [0.4, 0.5) is 0 Å². The maximum atomic E-state index is 11.8. The van der Waals surface area contributed by atoms with Crippen LogP contribution in [0.3, 0.4) is 0 Å². The number of aromatic nitrogens is 2. The number of halogens is 1. The lowest BCUT2D eigenvalue weighted by molar-refractivity contribution is 0.902. The summed E-state index contributed by atoms with van der Waals surface area (Å²) in [7, 11) is 1.76. The van der Waals surface area contributed by atoms with Gasteiger partial charge in [0.1, 0.15) is 0 Å². The van der Waals surface area contributed by atoms with Gasteiger partial charge in [0.25, 0.3) is 5.56 Å². The van der Waals surface area contributed by atoms with Gasteiger partial charge in [0, 0.05) is 24.7 Å². The summed E-state index contributed by atoms with van der Waals surface area (Å²) in [6.07, 6.45) is 1.83. The van der Waals surface area contributed by atoms with Crippen molar-refractivity contribution >= 4 is 33.8 Å². The molecular weight excluding hydrogens is 280 g/mol. The smallest absolute Gasteiger partial charge is 0.252 e. The quantitative estimate of drug-likeness (QED) is 0.686. The van der Waals surface area contributed by atoms with Gasteiger partial charge in [-0.3, -0.25) is 9.78 Å². The molecule has 0 spiro atoms. The van der Waals surface area contributed by atoms with Gasteiger partial charge in [0.05, 0.1) is 20.9 Å². The number of fused-ring (bicyclic) bond motifs is 1. The molecule has 0 saturated carbocycles. The van der Waals surface area contributed by atoms with Crippen molar-refractivity contribution in [3.05, 3.63) is 50.8 Å². The van der Waals surface area contributed by atoms with E-state index in [1.54, 1.807) is 28.5 Å². The van der Waals surface area contributed by atoms with Gasteiger partial charge < -0.3 is 4.57 Å². The van der Waals surface area contributed by atoms with Crippen LogP contribution in [0.15, 0.2) is 34.7 Å². The topological polar surface area (TPSA) is 34.9 Å². The van der Waals surface area contributed by atoms with E-state index in [-0.39, 0.29) is 5.56 Å². The molecule has 3 rings (SSSR count). The molecule has 0 aliphatic heterocycles. The van der Waals surface area contributed by atoms with Gasteiger partial charge in [0.15, 0.2) is 0 Å². The van der Waals surface area contributed by atoms with Crippen LogP contribution < -0.4 is 5.56 Å². The third kappa shape index (κ3) is 1.97. The van der Waals surface area contributed by atoms with E-state index in [2.05, 4.69) is 11.1 Å². The highest BCUT2D eigenvalue weighted by molar-refractivity contribution is 7.13. The molecule has 0 N–H and O–H groups in total. The fraction of sp³-hybridized carbons (Fsp3) is 0.143. The zero-order valence-corrected chi connectivity index (χ0v) is 12.0. The molecule has 3 aromatic rings. The fourth-order valence-electron chi connectivity index (χ4n) is 2.30. The van der Waals surface area contributed by atoms with Crippen molar-refractivity contribution in [2.45, 2.75) is 6.92 Å². The summed E-state index contributed by atoms with van der Waals surface area (Å²) in [6.45, 7) is 1.99. The number of hydrogen-bond acceptors (Lipinski definition) is 3. The monoisotopic (exact) mass is 290 g/mol. The second-order valence-corrected chi connectivity index (χ2v) is 5.74. The van der Waals surface area contributed by atoms with E-state index >= 15 is 0 Å². The van der Waals surface area contributed by atoms with E-state index in [1.165, 1.54) is 6.07 Å². The Hall–Kier alpha value is -1.65. The summed E-state index contributed by atoms with van der Waals surface area (Å²) in [4.78, 5) is 17.0. The average Bonchev–Trinajstić information content (AvgIpc) is 2.89. The van der Waals surface area contributed by atoms with Gasteiger partial charge in [0.2, 0.25) is 0 Å². The molecule has 0 bridgehead atoms. The van der Waals surface area contributed by atoms with Gasteiger partial charge in [-0.2, -0.15) is 0 Å². The number of aryl methyl sites for hydroxylation is 2. The Bertz CT molecular complexity index is 822. The SMILES string of the molecule is Cc1cc(-c2cncs2)cc2c(Cl)cc(=O)n(C)c12. The first-order valence-electron chi connectivity index (χ1n) is 5.76. The van der Waals surface area contributed by atoms with Crippen LogP contribution in [0.5, 0.6) is 0 Å². The number of hydrogen-bond donors (Lipinski definition) is 0. The van der Waals surface area contributed by atoms with Crippen LogP contribution in [0.25, 0.3) is 21.3 Å². The fourth-order valence-corrected chi connectivity index (χ4v) is 3.15. The second-order valence-electron chi connectivity index (χ2n) is 4.44. The molecule has 2 aromatic heterocycles. The second kappa shape index (κ2) is 4.47. The molecule has 0 saturated heterocycles. The van der Waals surface area contributed by atoms with Crippen LogP contribution in [-0.4, -0.2) is 9.55 Å². The van der Waals surface area contributed by atoms with Gasteiger partial charge in [-0.15, -0.1) is 11.3 Å². The molecule has 0 aliphatic rings. The first-order chi connectivity index (χ1) is 9.08. The predicted octanol–water partition coefficient (Wildman–Crippen LogP) is 3.62. The highest BCUT2D eigenvalue weighted by atomic mass is 35.5. The van der Waals surface area contributed by atoms with E-state index < -0.39 is 0 Å². The van der Waals surface area contributed by atoms with Gasteiger partial charge >= 0.3 is 0 Å². The lowest BCUT2D eigenvalue weighted by Gasteiger charge is -2.11. The number of pyridine rings is 1. The van der Waals surface area contributed by atoms with Crippen LogP contribution in [0.2, 0.25) is 5.02 Å². The van der Waals surface area contributed by atoms with E-state index in [9.17, 15) is 4.79 Å². The van der Waals surface area contributed by atoms with Gasteiger partial charge in [-0.25, -0.2) is 0 Å². The molecule has 0 radical (unpaired) electrons. The highest BCUT2D eigenvalue weighted by Gasteiger charge is 2.10. The molecule has 3 nitrogen and oxygen atoms in total. The molecule has 0 fully saturated rings. The van der Waals surface area contributed by atoms with Crippen molar-refractivity contribution < 1.29 is 0 Å². The lowest BCUT2D eigenvalue weighted by atomic mass is 10.0. The maximum absolute atomic E-state index is 11.8. The molecule has 0 atom stereocenters. The van der Waals surface area contributed by atoms with Crippen molar-refractivity contribution in [3.8, 4) is 10.4 Å².